The van der Waals surface area contributed by atoms with Crippen LogP contribution in [0.3, 0.4) is 0 Å². The lowest BCUT2D eigenvalue weighted by atomic mass is 10.2. The van der Waals surface area contributed by atoms with Gasteiger partial charge in [0.05, 0.1) is 21.6 Å². The van der Waals surface area contributed by atoms with Gasteiger partial charge in [0.25, 0.3) is 10.0 Å². The molecule has 1 aromatic rings. The molecular formula is C12H13ClFNO5S. The first-order valence-electron chi connectivity index (χ1n) is 6.21. The van der Waals surface area contributed by atoms with E-state index in [1.165, 1.54) is 0 Å². The van der Waals surface area contributed by atoms with E-state index in [1.807, 2.05) is 4.89 Å². The zero-order valence-electron chi connectivity index (χ0n) is 10.8. The van der Waals surface area contributed by atoms with Crippen molar-refractivity contribution in [2.45, 2.75) is 36.7 Å². The van der Waals surface area contributed by atoms with E-state index < -0.39 is 37.3 Å². The summed E-state index contributed by atoms with van der Waals surface area (Å²) in [7, 11) is -4.18. The van der Waals surface area contributed by atoms with E-state index in [-0.39, 0.29) is 6.10 Å². The van der Waals surface area contributed by atoms with Gasteiger partial charge in [0, 0.05) is 0 Å². The lowest BCUT2D eigenvalue weighted by molar-refractivity contribution is 0.0223. The van der Waals surface area contributed by atoms with Crippen molar-refractivity contribution in [3.05, 3.63) is 28.5 Å². The fraction of sp³-hybridized carbons (Fsp3) is 0.417. The molecule has 116 valence electrons. The summed E-state index contributed by atoms with van der Waals surface area (Å²) < 4.78 is 37.5. The molecule has 0 spiro atoms. The molecule has 0 unspecified atom stereocenters. The second-order valence-electron chi connectivity index (χ2n) is 4.68. The van der Waals surface area contributed by atoms with Crippen LogP contribution < -0.4 is 4.89 Å². The van der Waals surface area contributed by atoms with Gasteiger partial charge in [-0.05, 0) is 25.0 Å². The SMILES string of the molecule is O=C(O)c1cc(S(=O)(=O)NOC2CCCC2)cc(F)c1Cl. The Labute approximate surface area is 125 Å². The van der Waals surface area contributed by atoms with E-state index in [1.54, 1.807) is 0 Å². The Kier molecular flexibility index (Phi) is 4.82. The quantitative estimate of drug-likeness (QED) is 0.804. The normalized spacial score (nSPS) is 16.3. The summed E-state index contributed by atoms with van der Waals surface area (Å²) in [6.45, 7) is 0. The first kappa shape index (κ1) is 16.2. The van der Waals surface area contributed by atoms with E-state index in [4.69, 9.17) is 21.5 Å². The zero-order chi connectivity index (χ0) is 15.6. The highest BCUT2D eigenvalue weighted by atomic mass is 35.5. The number of rotatable bonds is 5. The van der Waals surface area contributed by atoms with E-state index in [0.717, 1.165) is 31.7 Å². The van der Waals surface area contributed by atoms with Gasteiger partial charge in [-0.3, -0.25) is 4.84 Å². The Bertz CT molecular complexity index is 658. The molecule has 21 heavy (non-hydrogen) atoms. The van der Waals surface area contributed by atoms with Crippen LogP contribution in [0.5, 0.6) is 0 Å². The van der Waals surface area contributed by atoms with Crippen molar-refractivity contribution in [3.8, 4) is 0 Å². The zero-order valence-corrected chi connectivity index (χ0v) is 12.4. The predicted octanol–water partition coefficient (Wildman–Crippen LogP) is 2.33. The van der Waals surface area contributed by atoms with Gasteiger partial charge in [-0.25, -0.2) is 17.6 Å². The first-order valence-corrected chi connectivity index (χ1v) is 8.07. The maximum Gasteiger partial charge on any atom is 0.337 e. The number of benzene rings is 1. The van der Waals surface area contributed by atoms with Crippen molar-refractivity contribution in [3.63, 3.8) is 0 Å². The van der Waals surface area contributed by atoms with Gasteiger partial charge in [0.1, 0.15) is 5.82 Å². The van der Waals surface area contributed by atoms with Crippen LogP contribution in [0.15, 0.2) is 17.0 Å². The van der Waals surface area contributed by atoms with Crippen LogP contribution in [0.4, 0.5) is 4.39 Å². The van der Waals surface area contributed by atoms with Crippen LogP contribution in [0, 0.1) is 5.82 Å². The molecule has 1 saturated carbocycles. The lowest BCUT2D eigenvalue weighted by Gasteiger charge is -2.12. The Balaban J connectivity index is 2.24. The number of halogens is 2. The van der Waals surface area contributed by atoms with E-state index in [9.17, 15) is 17.6 Å². The molecule has 0 amide bonds. The third kappa shape index (κ3) is 3.70. The average molecular weight is 338 g/mol. The molecule has 6 nitrogen and oxygen atoms in total. The summed E-state index contributed by atoms with van der Waals surface area (Å²) in [6.07, 6.45) is 3.14. The average Bonchev–Trinajstić information content (AvgIpc) is 2.92. The maximum absolute atomic E-state index is 13.5. The van der Waals surface area contributed by atoms with Crippen molar-refractivity contribution in [2.24, 2.45) is 0 Å². The van der Waals surface area contributed by atoms with E-state index in [0.29, 0.717) is 6.07 Å². The van der Waals surface area contributed by atoms with E-state index in [2.05, 4.69) is 0 Å². The third-order valence-electron chi connectivity index (χ3n) is 3.17. The number of nitrogens with one attached hydrogen (secondary N) is 1. The molecule has 9 heteroatoms. The summed E-state index contributed by atoms with van der Waals surface area (Å²) in [5.74, 6) is -2.65. The number of carboxylic acid groups (broad SMARTS) is 1. The molecule has 0 bridgehead atoms. The molecule has 1 aromatic carbocycles. The number of hydrogen-bond acceptors (Lipinski definition) is 4. The lowest BCUT2D eigenvalue weighted by Crippen LogP contribution is -2.28. The Morgan fingerprint density at radius 2 is 2.00 bits per heavy atom. The van der Waals surface area contributed by atoms with Crippen LogP contribution in [0.2, 0.25) is 5.02 Å². The highest BCUT2D eigenvalue weighted by molar-refractivity contribution is 7.89. The Morgan fingerprint density at radius 3 is 2.57 bits per heavy atom. The van der Waals surface area contributed by atoms with Crippen molar-refractivity contribution >= 4 is 27.6 Å². The van der Waals surface area contributed by atoms with E-state index >= 15 is 0 Å². The summed E-state index contributed by atoms with van der Waals surface area (Å²) in [4.78, 5) is 17.3. The number of sulfonamides is 1. The summed E-state index contributed by atoms with van der Waals surface area (Å²) in [5.41, 5.74) is -0.627. The highest BCUT2D eigenvalue weighted by Gasteiger charge is 2.24. The smallest absolute Gasteiger partial charge is 0.337 e. The number of carbonyl (C=O) groups is 1. The first-order chi connectivity index (χ1) is 9.81. The molecule has 0 heterocycles. The maximum atomic E-state index is 13.5. The minimum absolute atomic E-state index is 0.226. The molecule has 0 atom stereocenters. The van der Waals surface area contributed by atoms with Crippen LogP contribution >= 0.6 is 11.6 Å². The van der Waals surface area contributed by atoms with Crippen molar-refractivity contribution < 1.29 is 27.5 Å². The molecule has 0 aliphatic heterocycles. The molecule has 0 aromatic heterocycles. The Morgan fingerprint density at radius 1 is 1.38 bits per heavy atom. The molecule has 0 saturated heterocycles. The van der Waals surface area contributed by atoms with Crippen LogP contribution in [0.25, 0.3) is 0 Å². The Hall–Kier alpha value is -1.22. The molecule has 1 fully saturated rings. The topological polar surface area (TPSA) is 92.7 Å². The van der Waals surface area contributed by atoms with Gasteiger partial charge in [-0.1, -0.05) is 29.3 Å². The molecule has 1 aliphatic rings. The number of carboxylic acids is 1. The third-order valence-corrected chi connectivity index (χ3v) is 4.73. The molecule has 2 rings (SSSR count). The highest BCUT2D eigenvalue weighted by Crippen LogP contribution is 2.25. The number of aromatic carboxylic acids is 1. The van der Waals surface area contributed by atoms with Gasteiger partial charge in [-0.2, -0.15) is 0 Å². The van der Waals surface area contributed by atoms with Crippen molar-refractivity contribution in [2.75, 3.05) is 0 Å². The van der Waals surface area contributed by atoms with Gasteiger partial charge >= 0.3 is 5.97 Å². The minimum atomic E-state index is -4.18. The summed E-state index contributed by atoms with van der Waals surface area (Å²) >= 11 is 5.49. The molecule has 0 radical (unpaired) electrons. The van der Waals surface area contributed by atoms with Gasteiger partial charge in [-0.15, -0.1) is 0 Å². The summed E-state index contributed by atoms with van der Waals surface area (Å²) in [5, 5.41) is 8.24. The number of hydrogen-bond donors (Lipinski definition) is 2. The van der Waals surface area contributed by atoms with Crippen LogP contribution in [0.1, 0.15) is 36.0 Å². The minimum Gasteiger partial charge on any atom is -0.478 e. The predicted molar refractivity (Wildman–Crippen MR) is 72.0 cm³/mol. The van der Waals surface area contributed by atoms with Gasteiger partial charge < -0.3 is 5.11 Å². The van der Waals surface area contributed by atoms with Gasteiger partial charge in [0.15, 0.2) is 0 Å². The second kappa shape index (κ2) is 6.27. The van der Waals surface area contributed by atoms with Crippen LogP contribution in [-0.2, 0) is 14.9 Å². The van der Waals surface area contributed by atoms with Crippen LogP contribution in [-0.4, -0.2) is 25.6 Å². The summed E-state index contributed by atoms with van der Waals surface area (Å²) in [6, 6.07) is 1.43. The van der Waals surface area contributed by atoms with Crippen molar-refractivity contribution in [1.29, 1.82) is 0 Å². The molecular weight excluding hydrogens is 325 g/mol. The fourth-order valence-electron chi connectivity index (χ4n) is 2.06. The largest absolute Gasteiger partial charge is 0.478 e. The standard InChI is InChI=1S/C12H13ClFNO5S/c13-11-9(12(16)17)5-8(6-10(11)14)21(18,19)15-20-7-3-1-2-4-7/h5-7,15H,1-4H2,(H,16,17). The van der Waals surface area contributed by atoms with Gasteiger partial charge in [0.2, 0.25) is 0 Å². The molecule has 2 N–H and O–H groups in total. The second-order valence-corrected chi connectivity index (χ2v) is 6.71. The fourth-order valence-corrected chi connectivity index (χ4v) is 3.14. The monoisotopic (exact) mass is 337 g/mol. The molecule has 1 aliphatic carbocycles. The van der Waals surface area contributed by atoms with Crippen molar-refractivity contribution in [1.82, 2.24) is 4.89 Å².